The zero-order chi connectivity index (χ0) is 19.0. The van der Waals surface area contributed by atoms with Gasteiger partial charge in [0.25, 0.3) is 11.2 Å². The molecule has 4 atom stereocenters. The van der Waals surface area contributed by atoms with Crippen LogP contribution in [-0.2, 0) is 4.74 Å². The van der Waals surface area contributed by atoms with Gasteiger partial charge in [0.2, 0.25) is 0 Å². The molecule has 1 fully saturated rings. The summed E-state index contributed by atoms with van der Waals surface area (Å²) in [5.41, 5.74) is -1.46. The van der Waals surface area contributed by atoms with Gasteiger partial charge in [-0.15, -0.1) is 0 Å². The SMILES string of the molecule is O=c1[nH]c(=O)n([C@@H]2O[C@H](CO)[C@@H](O)[C@H]2O)cc1-c1ccc([N+](=O)[O-])cc1. The molecule has 1 aliphatic rings. The number of benzene rings is 1. The topological polar surface area (TPSA) is 168 Å². The van der Waals surface area contributed by atoms with E-state index < -0.39 is 47.3 Å². The van der Waals surface area contributed by atoms with Crippen molar-refractivity contribution in [3.05, 3.63) is 61.4 Å². The van der Waals surface area contributed by atoms with E-state index in [1.165, 1.54) is 24.3 Å². The van der Waals surface area contributed by atoms with E-state index in [2.05, 4.69) is 4.98 Å². The van der Waals surface area contributed by atoms with E-state index in [4.69, 9.17) is 9.84 Å². The number of aliphatic hydroxyl groups is 3. The molecule has 3 rings (SSSR count). The molecular formula is C15H15N3O8. The van der Waals surface area contributed by atoms with Gasteiger partial charge in [-0.05, 0) is 17.7 Å². The van der Waals surface area contributed by atoms with Crippen molar-refractivity contribution >= 4 is 5.69 Å². The second-order valence-electron chi connectivity index (χ2n) is 5.74. The lowest BCUT2D eigenvalue weighted by molar-refractivity contribution is -0.384. The fourth-order valence-electron chi connectivity index (χ4n) is 2.75. The normalized spacial score (nSPS) is 25.3. The third-order valence-corrected chi connectivity index (χ3v) is 4.15. The van der Waals surface area contributed by atoms with Gasteiger partial charge in [0.15, 0.2) is 6.23 Å². The number of hydrogen-bond donors (Lipinski definition) is 4. The number of nitrogens with zero attached hydrogens (tertiary/aromatic N) is 2. The van der Waals surface area contributed by atoms with Gasteiger partial charge in [-0.1, -0.05) is 0 Å². The first-order valence-corrected chi connectivity index (χ1v) is 7.56. The molecule has 138 valence electrons. The third kappa shape index (κ3) is 3.04. The Kier molecular flexibility index (Phi) is 4.70. The molecule has 1 saturated heterocycles. The summed E-state index contributed by atoms with van der Waals surface area (Å²) in [5, 5.41) is 39.7. The van der Waals surface area contributed by atoms with Crippen molar-refractivity contribution in [3.8, 4) is 11.1 Å². The Labute approximate surface area is 144 Å². The smallest absolute Gasteiger partial charge is 0.330 e. The van der Waals surface area contributed by atoms with Crippen molar-refractivity contribution in [2.75, 3.05) is 6.61 Å². The number of nitro benzene ring substituents is 1. The summed E-state index contributed by atoms with van der Waals surface area (Å²) < 4.78 is 6.18. The molecule has 11 heteroatoms. The van der Waals surface area contributed by atoms with Crippen LogP contribution in [-0.4, -0.2) is 54.7 Å². The van der Waals surface area contributed by atoms with Gasteiger partial charge in [-0.2, -0.15) is 0 Å². The van der Waals surface area contributed by atoms with E-state index in [0.717, 1.165) is 10.8 Å². The molecule has 2 aromatic rings. The summed E-state index contributed by atoms with van der Waals surface area (Å²) in [7, 11) is 0. The Balaban J connectivity index is 2.04. The number of hydrogen-bond acceptors (Lipinski definition) is 8. The first kappa shape index (κ1) is 17.9. The Morgan fingerprint density at radius 3 is 2.38 bits per heavy atom. The van der Waals surface area contributed by atoms with Crippen LogP contribution in [0.15, 0.2) is 40.1 Å². The highest BCUT2D eigenvalue weighted by Gasteiger charge is 2.43. The number of rotatable bonds is 4. The van der Waals surface area contributed by atoms with Crippen LogP contribution in [0.25, 0.3) is 11.1 Å². The number of non-ortho nitro benzene ring substituents is 1. The van der Waals surface area contributed by atoms with Gasteiger partial charge in [-0.25, -0.2) is 4.79 Å². The standard InChI is InChI=1S/C15H15N3O8/c19-6-10-11(20)12(21)14(26-10)17-5-9(13(22)16-15(17)23)7-1-3-8(4-2-7)18(24)25/h1-5,10-12,14,19-21H,6H2,(H,16,22,23)/t10-,11-,12-,14-/m1/s1. The van der Waals surface area contributed by atoms with Crippen molar-refractivity contribution in [2.45, 2.75) is 24.5 Å². The predicted molar refractivity (Wildman–Crippen MR) is 86.4 cm³/mol. The van der Waals surface area contributed by atoms with Crippen LogP contribution in [0.5, 0.6) is 0 Å². The minimum atomic E-state index is -1.50. The molecule has 1 aromatic carbocycles. The highest BCUT2D eigenvalue weighted by Crippen LogP contribution is 2.29. The largest absolute Gasteiger partial charge is 0.394 e. The van der Waals surface area contributed by atoms with Crippen LogP contribution in [0.1, 0.15) is 6.23 Å². The molecule has 1 aliphatic heterocycles. The number of H-pyrrole nitrogens is 1. The van der Waals surface area contributed by atoms with Crippen molar-refractivity contribution in [3.63, 3.8) is 0 Å². The second kappa shape index (κ2) is 6.80. The van der Waals surface area contributed by atoms with Crippen LogP contribution in [0.4, 0.5) is 5.69 Å². The summed E-state index contributed by atoms with van der Waals surface area (Å²) in [5.74, 6) is 0. The van der Waals surface area contributed by atoms with Crippen LogP contribution in [0.2, 0.25) is 0 Å². The number of nitrogens with one attached hydrogen (secondary N) is 1. The maximum atomic E-state index is 12.1. The number of aromatic amines is 1. The fraction of sp³-hybridized carbons (Fsp3) is 0.333. The molecule has 0 bridgehead atoms. The lowest BCUT2D eigenvalue weighted by atomic mass is 10.1. The molecule has 0 aliphatic carbocycles. The van der Waals surface area contributed by atoms with Crippen LogP contribution < -0.4 is 11.2 Å². The van der Waals surface area contributed by atoms with E-state index >= 15 is 0 Å². The minimum absolute atomic E-state index is 0.0113. The Morgan fingerprint density at radius 1 is 1.19 bits per heavy atom. The van der Waals surface area contributed by atoms with Crippen molar-refractivity contribution in [1.82, 2.24) is 9.55 Å². The number of nitro groups is 1. The molecular weight excluding hydrogens is 350 g/mol. The molecule has 0 amide bonds. The van der Waals surface area contributed by atoms with Gasteiger partial charge in [0, 0.05) is 18.3 Å². The molecule has 26 heavy (non-hydrogen) atoms. The number of aliphatic hydroxyl groups excluding tert-OH is 3. The summed E-state index contributed by atoms with van der Waals surface area (Å²) >= 11 is 0. The van der Waals surface area contributed by atoms with E-state index in [-0.39, 0.29) is 11.3 Å². The number of aromatic nitrogens is 2. The first-order valence-electron chi connectivity index (χ1n) is 7.56. The van der Waals surface area contributed by atoms with Gasteiger partial charge in [-0.3, -0.25) is 24.5 Å². The van der Waals surface area contributed by atoms with Crippen LogP contribution in [0, 0.1) is 10.1 Å². The van der Waals surface area contributed by atoms with Crippen molar-refractivity contribution in [1.29, 1.82) is 0 Å². The maximum absolute atomic E-state index is 12.1. The molecule has 2 heterocycles. The number of ether oxygens (including phenoxy) is 1. The fourth-order valence-corrected chi connectivity index (χ4v) is 2.75. The zero-order valence-corrected chi connectivity index (χ0v) is 13.2. The summed E-state index contributed by atoms with van der Waals surface area (Å²) in [4.78, 5) is 36.4. The van der Waals surface area contributed by atoms with Gasteiger partial charge >= 0.3 is 5.69 Å². The second-order valence-corrected chi connectivity index (χ2v) is 5.74. The maximum Gasteiger partial charge on any atom is 0.330 e. The van der Waals surface area contributed by atoms with Gasteiger partial charge in [0.05, 0.1) is 17.1 Å². The molecule has 0 unspecified atom stereocenters. The predicted octanol–water partition coefficient (Wildman–Crippen LogP) is -1.28. The Bertz CT molecular complexity index is 935. The van der Waals surface area contributed by atoms with Crippen molar-refractivity contribution in [2.24, 2.45) is 0 Å². The Morgan fingerprint density at radius 2 is 1.85 bits per heavy atom. The van der Waals surface area contributed by atoms with E-state index in [9.17, 15) is 29.9 Å². The van der Waals surface area contributed by atoms with Crippen molar-refractivity contribution < 1.29 is 25.0 Å². The Hall–Kier alpha value is -2.86. The summed E-state index contributed by atoms with van der Waals surface area (Å²) in [6.45, 7) is -0.567. The van der Waals surface area contributed by atoms with E-state index in [1.54, 1.807) is 0 Å². The summed E-state index contributed by atoms with van der Waals surface area (Å²) in [6, 6.07) is 5.09. The average Bonchev–Trinajstić information content (AvgIpc) is 2.90. The minimum Gasteiger partial charge on any atom is -0.394 e. The first-order chi connectivity index (χ1) is 12.3. The van der Waals surface area contributed by atoms with Gasteiger partial charge in [0.1, 0.15) is 18.3 Å². The van der Waals surface area contributed by atoms with Crippen LogP contribution >= 0.6 is 0 Å². The molecule has 1 aromatic heterocycles. The monoisotopic (exact) mass is 365 g/mol. The highest BCUT2D eigenvalue weighted by molar-refractivity contribution is 5.62. The quantitative estimate of drug-likeness (QED) is 0.384. The summed E-state index contributed by atoms with van der Waals surface area (Å²) in [6.07, 6.45) is -4.19. The lowest BCUT2D eigenvalue weighted by Gasteiger charge is -2.18. The molecule has 0 radical (unpaired) electrons. The molecule has 0 saturated carbocycles. The molecule has 0 spiro atoms. The molecule has 11 nitrogen and oxygen atoms in total. The van der Waals surface area contributed by atoms with E-state index in [1.807, 2.05) is 0 Å². The van der Waals surface area contributed by atoms with Crippen LogP contribution in [0.3, 0.4) is 0 Å². The lowest BCUT2D eigenvalue weighted by Crippen LogP contribution is -2.38. The highest BCUT2D eigenvalue weighted by atomic mass is 16.6. The average molecular weight is 365 g/mol. The zero-order valence-electron chi connectivity index (χ0n) is 13.2. The van der Waals surface area contributed by atoms with Gasteiger partial charge < -0.3 is 20.1 Å². The van der Waals surface area contributed by atoms with E-state index in [0.29, 0.717) is 5.56 Å². The third-order valence-electron chi connectivity index (χ3n) is 4.15. The molecule has 4 N–H and O–H groups in total.